The summed E-state index contributed by atoms with van der Waals surface area (Å²) < 4.78 is 31.6. The van der Waals surface area contributed by atoms with Crippen molar-refractivity contribution >= 4 is 10.4 Å². The minimum Gasteiger partial charge on any atom is -0.264 e. The summed E-state index contributed by atoms with van der Waals surface area (Å²) in [6.07, 6.45) is 1.28. The second-order valence-electron chi connectivity index (χ2n) is 1.65. The average molecular weight is 170 g/mol. The Hall–Kier alpha value is -0.210. The first-order valence-electron chi connectivity index (χ1n) is 2.66. The highest BCUT2D eigenvalue weighted by molar-refractivity contribution is 7.79. The van der Waals surface area contributed by atoms with E-state index >= 15 is 0 Å². The van der Waals surface area contributed by atoms with E-state index in [1.165, 1.54) is 6.42 Å². The lowest BCUT2D eigenvalue weighted by atomic mass is 10.5. The van der Waals surface area contributed by atoms with E-state index in [-0.39, 0.29) is 0 Å². The quantitative estimate of drug-likeness (QED) is 0.342. The molecular weight excluding hydrogens is 160 g/mol. The molecule has 4 N–H and O–H groups in total. The molecule has 1 aliphatic heterocycles. The number of hydrazine groups is 1. The summed E-state index contributed by atoms with van der Waals surface area (Å²) >= 11 is 0. The molecule has 10 heavy (non-hydrogen) atoms. The highest BCUT2D eigenvalue weighted by Gasteiger charge is 1.91. The smallest absolute Gasteiger partial charge is 0.264 e. The normalized spacial score (nSPS) is 17.8. The van der Waals surface area contributed by atoms with Crippen LogP contribution in [0.15, 0.2) is 0 Å². The van der Waals surface area contributed by atoms with Crippen molar-refractivity contribution in [3.05, 3.63) is 0 Å². The zero-order chi connectivity index (χ0) is 8.04. The molecular formula is C3H10N2O4S. The third-order valence-electron chi connectivity index (χ3n) is 0.729. The number of hydrogen-bond donors (Lipinski definition) is 4. The Balaban J connectivity index is 0.000000162. The zero-order valence-electron chi connectivity index (χ0n) is 5.24. The molecule has 0 aromatic rings. The molecule has 0 atom stereocenters. The molecule has 62 valence electrons. The van der Waals surface area contributed by atoms with E-state index in [9.17, 15) is 0 Å². The van der Waals surface area contributed by atoms with Crippen LogP contribution in [0.3, 0.4) is 0 Å². The maximum Gasteiger partial charge on any atom is 0.394 e. The average Bonchev–Trinajstić information content (AvgIpc) is 2.07. The van der Waals surface area contributed by atoms with Crippen molar-refractivity contribution in [2.75, 3.05) is 13.1 Å². The number of rotatable bonds is 0. The summed E-state index contributed by atoms with van der Waals surface area (Å²) in [7, 11) is -4.67. The van der Waals surface area contributed by atoms with Crippen LogP contribution in [-0.4, -0.2) is 30.6 Å². The summed E-state index contributed by atoms with van der Waals surface area (Å²) in [6, 6.07) is 0. The van der Waals surface area contributed by atoms with Crippen LogP contribution in [0.25, 0.3) is 0 Å². The van der Waals surface area contributed by atoms with Crippen molar-refractivity contribution in [1.29, 1.82) is 0 Å². The molecule has 0 aliphatic carbocycles. The molecule has 0 unspecified atom stereocenters. The van der Waals surface area contributed by atoms with Crippen LogP contribution < -0.4 is 10.9 Å². The molecule has 1 aliphatic rings. The van der Waals surface area contributed by atoms with E-state index in [1.807, 2.05) is 0 Å². The van der Waals surface area contributed by atoms with Gasteiger partial charge in [-0.15, -0.1) is 0 Å². The molecule has 7 heteroatoms. The second kappa shape index (κ2) is 4.58. The molecule has 1 fully saturated rings. The molecule has 1 heterocycles. The zero-order valence-corrected chi connectivity index (χ0v) is 6.06. The molecule has 0 aromatic carbocycles. The van der Waals surface area contributed by atoms with Crippen LogP contribution in [0.2, 0.25) is 0 Å². The third kappa shape index (κ3) is 15.7. The fourth-order valence-corrected chi connectivity index (χ4v) is 0.442. The molecule has 0 bridgehead atoms. The SMILES string of the molecule is C1CNNC1.O=S(=O)(O)O. The van der Waals surface area contributed by atoms with Gasteiger partial charge in [-0.3, -0.25) is 20.0 Å². The van der Waals surface area contributed by atoms with Crippen molar-refractivity contribution in [2.45, 2.75) is 6.42 Å². The van der Waals surface area contributed by atoms with E-state index in [2.05, 4.69) is 10.9 Å². The first kappa shape index (κ1) is 9.79. The van der Waals surface area contributed by atoms with E-state index in [0.29, 0.717) is 0 Å². The standard InChI is InChI=1S/C3H8N2.H2O4S/c1-2-4-5-3-1;1-5(2,3)4/h4-5H,1-3H2;(H2,1,2,3,4). The molecule has 0 radical (unpaired) electrons. The number of nitrogens with one attached hydrogen (secondary N) is 2. The van der Waals surface area contributed by atoms with Gasteiger partial charge in [-0.1, -0.05) is 0 Å². The first-order chi connectivity index (χ1) is 4.50. The number of hydrogen-bond acceptors (Lipinski definition) is 4. The summed E-state index contributed by atoms with van der Waals surface area (Å²) in [5.74, 6) is 0. The van der Waals surface area contributed by atoms with Crippen molar-refractivity contribution in [3.8, 4) is 0 Å². The first-order valence-corrected chi connectivity index (χ1v) is 4.05. The van der Waals surface area contributed by atoms with Crippen LogP contribution in [0.1, 0.15) is 6.42 Å². The minimum absolute atomic E-state index is 1.14. The Morgan fingerprint density at radius 2 is 1.40 bits per heavy atom. The van der Waals surface area contributed by atoms with Gasteiger partial charge in [0, 0.05) is 13.1 Å². The Labute approximate surface area is 59.2 Å². The summed E-state index contributed by atoms with van der Waals surface area (Å²) in [6.45, 7) is 2.28. The van der Waals surface area contributed by atoms with E-state index < -0.39 is 10.4 Å². The Morgan fingerprint density at radius 3 is 1.50 bits per heavy atom. The highest BCUT2D eigenvalue weighted by atomic mass is 32.3. The molecule has 0 spiro atoms. The van der Waals surface area contributed by atoms with Crippen LogP contribution in [0.5, 0.6) is 0 Å². The van der Waals surface area contributed by atoms with Crippen molar-refractivity contribution in [1.82, 2.24) is 10.9 Å². The van der Waals surface area contributed by atoms with Gasteiger partial charge in [0.2, 0.25) is 0 Å². The van der Waals surface area contributed by atoms with Crippen LogP contribution in [-0.2, 0) is 10.4 Å². The van der Waals surface area contributed by atoms with Crippen molar-refractivity contribution in [2.24, 2.45) is 0 Å². The van der Waals surface area contributed by atoms with Crippen LogP contribution >= 0.6 is 0 Å². The molecule has 0 saturated carbocycles. The predicted octanol–water partition coefficient (Wildman–Crippen LogP) is -1.17. The maximum absolute atomic E-state index is 8.74. The van der Waals surface area contributed by atoms with Crippen molar-refractivity contribution < 1.29 is 17.5 Å². The van der Waals surface area contributed by atoms with Gasteiger partial charge >= 0.3 is 10.4 Å². The van der Waals surface area contributed by atoms with Gasteiger partial charge in [0.25, 0.3) is 0 Å². The topological polar surface area (TPSA) is 98.7 Å². The van der Waals surface area contributed by atoms with Gasteiger partial charge in [-0.25, -0.2) is 0 Å². The van der Waals surface area contributed by atoms with Gasteiger partial charge in [-0.05, 0) is 6.42 Å². The lowest BCUT2D eigenvalue weighted by Crippen LogP contribution is -2.21. The van der Waals surface area contributed by atoms with Gasteiger partial charge in [0.15, 0.2) is 0 Å². The van der Waals surface area contributed by atoms with Gasteiger partial charge in [0.05, 0.1) is 0 Å². The largest absolute Gasteiger partial charge is 0.394 e. The van der Waals surface area contributed by atoms with E-state index in [1.54, 1.807) is 0 Å². The van der Waals surface area contributed by atoms with Crippen LogP contribution in [0, 0.1) is 0 Å². The van der Waals surface area contributed by atoms with E-state index in [4.69, 9.17) is 17.5 Å². The summed E-state index contributed by atoms with van der Waals surface area (Å²) in [5.41, 5.74) is 5.94. The Bertz CT molecular complexity index is 146. The molecule has 6 nitrogen and oxygen atoms in total. The summed E-state index contributed by atoms with van der Waals surface area (Å²) in [5, 5.41) is 0. The lowest BCUT2D eigenvalue weighted by Gasteiger charge is -1.81. The fourth-order valence-electron chi connectivity index (χ4n) is 0.442. The molecule has 0 amide bonds. The molecule has 0 aromatic heterocycles. The Kier molecular flexibility index (Phi) is 4.49. The highest BCUT2D eigenvalue weighted by Crippen LogP contribution is 1.74. The van der Waals surface area contributed by atoms with Gasteiger partial charge < -0.3 is 0 Å². The predicted molar refractivity (Wildman–Crippen MR) is 34.8 cm³/mol. The van der Waals surface area contributed by atoms with Gasteiger partial charge in [-0.2, -0.15) is 8.42 Å². The molecule has 1 rings (SSSR count). The van der Waals surface area contributed by atoms with Crippen LogP contribution in [0.4, 0.5) is 0 Å². The third-order valence-corrected chi connectivity index (χ3v) is 0.729. The minimum atomic E-state index is -4.67. The fraction of sp³-hybridized carbons (Fsp3) is 1.00. The monoisotopic (exact) mass is 170 g/mol. The lowest BCUT2D eigenvalue weighted by molar-refractivity contribution is 0.381. The maximum atomic E-state index is 8.74. The van der Waals surface area contributed by atoms with Gasteiger partial charge in [0.1, 0.15) is 0 Å². The molecule has 1 saturated heterocycles. The summed E-state index contributed by atoms with van der Waals surface area (Å²) in [4.78, 5) is 0. The van der Waals surface area contributed by atoms with Crippen molar-refractivity contribution in [3.63, 3.8) is 0 Å². The second-order valence-corrected chi connectivity index (χ2v) is 2.55. The van der Waals surface area contributed by atoms with E-state index in [0.717, 1.165) is 13.1 Å². The Morgan fingerprint density at radius 1 is 1.10 bits per heavy atom.